The zero-order chi connectivity index (χ0) is 22.3. The lowest BCUT2D eigenvalue weighted by atomic mass is 9.79. The molecular formula is C27H34NOP. The van der Waals surface area contributed by atoms with Crippen molar-refractivity contribution in [1.82, 2.24) is 0 Å². The summed E-state index contributed by atoms with van der Waals surface area (Å²) in [7, 11) is -0.303. The second kappa shape index (κ2) is 8.16. The van der Waals surface area contributed by atoms with Crippen LogP contribution in [0.15, 0.2) is 53.5 Å². The smallest absolute Gasteiger partial charge is 0.128 e. The molecule has 3 heteroatoms. The minimum absolute atomic E-state index is 0.00837. The Morgan fingerprint density at radius 2 is 1.43 bits per heavy atom. The van der Waals surface area contributed by atoms with Gasteiger partial charge < -0.3 is 5.11 Å². The van der Waals surface area contributed by atoms with Crippen LogP contribution in [0.25, 0.3) is 10.8 Å². The van der Waals surface area contributed by atoms with E-state index in [1.54, 1.807) is 0 Å². The lowest BCUT2D eigenvalue weighted by Crippen LogP contribution is -2.17. The van der Waals surface area contributed by atoms with E-state index in [-0.39, 0.29) is 18.8 Å². The molecule has 0 saturated carbocycles. The molecule has 0 aliphatic carbocycles. The maximum Gasteiger partial charge on any atom is 0.128 e. The van der Waals surface area contributed by atoms with Crippen molar-refractivity contribution in [2.45, 2.75) is 52.4 Å². The highest BCUT2D eigenvalue weighted by Gasteiger charge is 2.24. The van der Waals surface area contributed by atoms with E-state index in [0.29, 0.717) is 5.75 Å². The first-order valence-electron chi connectivity index (χ1n) is 10.5. The van der Waals surface area contributed by atoms with E-state index in [4.69, 9.17) is 4.99 Å². The van der Waals surface area contributed by atoms with Gasteiger partial charge in [-0.3, -0.25) is 4.99 Å². The van der Waals surface area contributed by atoms with Crippen LogP contribution < -0.4 is 5.30 Å². The van der Waals surface area contributed by atoms with Gasteiger partial charge in [-0.2, -0.15) is 0 Å². The Bertz CT molecular complexity index is 1100. The molecule has 0 unspecified atom stereocenters. The van der Waals surface area contributed by atoms with Gasteiger partial charge in [-0.15, -0.1) is 0 Å². The van der Waals surface area contributed by atoms with Crippen molar-refractivity contribution in [3.05, 3.63) is 65.2 Å². The normalized spacial score (nSPS) is 13.0. The molecule has 3 rings (SSSR count). The van der Waals surface area contributed by atoms with Crippen LogP contribution in [0.3, 0.4) is 0 Å². The first-order chi connectivity index (χ1) is 13.9. The monoisotopic (exact) mass is 419 g/mol. The number of rotatable bonds is 3. The van der Waals surface area contributed by atoms with E-state index in [9.17, 15) is 5.11 Å². The number of phenolic OH excluding ortho intramolecular Hbond substituents is 1. The number of fused-ring (bicyclic) bond motifs is 1. The van der Waals surface area contributed by atoms with Crippen LogP contribution in [0.5, 0.6) is 5.75 Å². The van der Waals surface area contributed by atoms with Crippen LogP contribution in [0.4, 0.5) is 5.69 Å². The number of aromatic hydroxyl groups is 1. The molecule has 0 fully saturated rings. The summed E-state index contributed by atoms with van der Waals surface area (Å²) in [5.41, 5.74) is 3.78. The summed E-state index contributed by atoms with van der Waals surface area (Å²) in [6.45, 7) is 17.5. The van der Waals surface area contributed by atoms with Crippen molar-refractivity contribution in [3.63, 3.8) is 0 Å². The minimum atomic E-state index is -0.303. The molecule has 0 aliphatic heterocycles. The fraction of sp³-hybridized carbons (Fsp3) is 0.370. The van der Waals surface area contributed by atoms with E-state index in [1.165, 1.54) is 21.6 Å². The molecule has 0 heterocycles. The Labute approximate surface area is 182 Å². The highest BCUT2D eigenvalue weighted by molar-refractivity contribution is 7.64. The lowest BCUT2D eigenvalue weighted by Gasteiger charge is -2.27. The zero-order valence-electron chi connectivity index (χ0n) is 19.5. The van der Waals surface area contributed by atoms with E-state index < -0.39 is 0 Å². The molecule has 3 aromatic carbocycles. The van der Waals surface area contributed by atoms with Gasteiger partial charge in [0, 0.05) is 22.6 Å². The van der Waals surface area contributed by atoms with Crippen molar-refractivity contribution in [2.24, 2.45) is 4.99 Å². The Morgan fingerprint density at radius 3 is 1.97 bits per heavy atom. The molecule has 0 spiro atoms. The summed E-state index contributed by atoms with van der Waals surface area (Å²) < 4.78 is 0. The average molecular weight is 420 g/mol. The molecule has 1 N–H and O–H groups in total. The van der Waals surface area contributed by atoms with Crippen molar-refractivity contribution in [2.75, 3.05) is 13.3 Å². The molecule has 0 saturated heterocycles. The third kappa shape index (κ3) is 4.76. The van der Waals surface area contributed by atoms with Gasteiger partial charge >= 0.3 is 0 Å². The molecule has 0 aromatic heterocycles. The van der Waals surface area contributed by atoms with E-state index >= 15 is 0 Å². The van der Waals surface area contributed by atoms with Crippen LogP contribution >= 0.6 is 7.92 Å². The fourth-order valence-electron chi connectivity index (χ4n) is 3.58. The fourth-order valence-corrected chi connectivity index (χ4v) is 4.55. The standard InChI is InChI=1S/C27H34NOP/c1-26(2,3)21-13-20(25(29)22(16-21)27(4,5)6)17-28-23-14-18-11-9-10-12-19(18)15-24(23)30(7)8/h9-17,29H,1-8H3. The van der Waals surface area contributed by atoms with Gasteiger partial charge in [0.2, 0.25) is 0 Å². The SMILES string of the molecule is CP(C)c1cc2ccccc2cc1N=Cc1cc(C(C)(C)C)cc(C(C)(C)C)c1O. The molecular weight excluding hydrogens is 385 g/mol. The number of nitrogens with zero attached hydrogens (tertiary/aromatic N) is 1. The van der Waals surface area contributed by atoms with Crippen LogP contribution in [0.2, 0.25) is 0 Å². The molecule has 0 amide bonds. The van der Waals surface area contributed by atoms with E-state index in [2.05, 4.69) is 103 Å². The first kappa shape index (κ1) is 22.5. The van der Waals surface area contributed by atoms with Gasteiger partial charge in [-0.05, 0) is 58.7 Å². The summed E-state index contributed by atoms with van der Waals surface area (Å²) in [4.78, 5) is 4.89. The van der Waals surface area contributed by atoms with Crippen LogP contribution in [-0.4, -0.2) is 24.7 Å². The second-order valence-electron chi connectivity index (χ2n) is 10.3. The van der Waals surface area contributed by atoms with E-state index in [1.807, 2.05) is 6.21 Å². The number of phenols is 1. The van der Waals surface area contributed by atoms with Crippen LogP contribution in [0, 0.1) is 0 Å². The predicted molar refractivity (Wildman–Crippen MR) is 135 cm³/mol. The molecule has 0 aliphatic rings. The summed E-state index contributed by atoms with van der Waals surface area (Å²) in [5.74, 6) is 0.330. The van der Waals surface area contributed by atoms with Gasteiger partial charge in [0.25, 0.3) is 0 Å². The molecule has 2 nitrogen and oxygen atoms in total. The topological polar surface area (TPSA) is 32.6 Å². The second-order valence-corrected chi connectivity index (χ2v) is 12.6. The van der Waals surface area contributed by atoms with Crippen LogP contribution in [-0.2, 0) is 10.8 Å². The van der Waals surface area contributed by atoms with Gasteiger partial charge in [-0.1, -0.05) is 79.8 Å². The lowest BCUT2D eigenvalue weighted by molar-refractivity contribution is 0.444. The average Bonchev–Trinajstić information content (AvgIpc) is 2.64. The van der Waals surface area contributed by atoms with Crippen LogP contribution in [0.1, 0.15) is 58.2 Å². The molecule has 0 atom stereocenters. The van der Waals surface area contributed by atoms with Crippen molar-refractivity contribution >= 4 is 35.9 Å². The molecule has 158 valence electrons. The minimum Gasteiger partial charge on any atom is -0.507 e. The first-order valence-corrected chi connectivity index (χ1v) is 12.7. The highest BCUT2D eigenvalue weighted by Crippen LogP contribution is 2.38. The van der Waals surface area contributed by atoms with Crippen molar-refractivity contribution in [1.29, 1.82) is 0 Å². The Morgan fingerprint density at radius 1 is 0.833 bits per heavy atom. The Hall–Kier alpha value is -2.18. The third-order valence-corrected chi connectivity index (χ3v) is 6.80. The highest BCUT2D eigenvalue weighted by atomic mass is 31.1. The van der Waals surface area contributed by atoms with E-state index in [0.717, 1.165) is 16.8 Å². The maximum atomic E-state index is 11.1. The summed E-state index contributed by atoms with van der Waals surface area (Å²) >= 11 is 0. The summed E-state index contributed by atoms with van der Waals surface area (Å²) in [6, 6.07) is 17.1. The Kier molecular flexibility index (Phi) is 6.12. The van der Waals surface area contributed by atoms with Gasteiger partial charge in [0.1, 0.15) is 5.75 Å². The van der Waals surface area contributed by atoms with Gasteiger partial charge in [0.15, 0.2) is 0 Å². The molecule has 0 radical (unpaired) electrons. The van der Waals surface area contributed by atoms with Gasteiger partial charge in [0.05, 0.1) is 5.69 Å². The zero-order valence-corrected chi connectivity index (χ0v) is 20.4. The predicted octanol–water partition coefficient (Wildman–Crippen LogP) is 7.26. The van der Waals surface area contributed by atoms with Gasteiger partial charge in [-0.25, -0.2) is 0 Å². The molecule has 30 heavy (non-hydrogen) atoms. The number of hydrogen-bond acceptors (Lipinski definition) is 2. The third-order valence-electron chi connectivity index (χ3n) is 5.48. The summed E-state index contributed by atoms with van der Waals surface area (Å²) in [5, 5.41) is 14.8. The van der Waals surface area contributed by atoms with Crippen molar-refractivity contribution in [3.8, 4) is 5.75 Å². The van der Waals surface area contributed by atoms with Crippen molar-refractivity contribution < 1.29 is 5.11 Å². The number of benzene rings is 3. The number of hydrogen-bond donors (Lipinski definition) is 1. The number of aliphatic imine (C=N–C) groups is 1. The largest absolute Gasteiger partial charge is 0.507 e. The molecule has 0 bridgehead atoms. The maximum absolute atomic E-state index is 11.1. The Balaban J connectivity index is 2.17. The quantitative estimate of drug-likeness (QED) is 0.352. The molecule has 3 aromatic rings. The summed E-state index contributed by atoms with van der Waals surface area (Å²) in [6.07, 6.45) is 1.84.